The van der Waals surface area contributed by atoms with E-state index < -0.39 is 10.0 Å². The fourth-order valence-electron chi connectivity index (χ4n) is 2.52. The molecule has 0 aliphatic heterocycles. The molecule has 1 heterocycles. The van der Waals surface area contributed by atoms with Crippen LogP contribution in [0.25, 0.3) is 10.9 Å². The maximum Gasteiger partial charge on any atom is 0.363 e. The lowest BCUT2D eigenvalue weighted by Crippen LogP contribution is -2.80. The van der Waals surface area contributed by atoms with E-state index in [9.17, 15) is 8.42 Å². The SMILES string of the molecule is COc1ccc2c(C)nc(NC(N)=[NH+]S(=O)(=O)c3ccc(C)cc3)nc2c1. The van der Waals surface area contributed by atoms with E-state index in [2.05, 4.69) is 19.7 Å². The lowest BCUT2D eigenvalue weighted by Gasteiger charge is -2.06. The number of hydrogen-bond donors (Lipinski definition) is 3. The minimum absolute atomic E-state index is 0.109. The van der Waals surface area contributed by atoms with Crippen LogP contribution in [0.1, 0.15) is 11.3 Å². The maximum atomic E-state index is 12.4. The van der Waals surface area contributed by atoms with Crippen LogP contribution < -0.4 is 20.2 Å². The maximum absolute atomic E-state index is 12.4. The van der Waals surface area contributed by atoms with E-state index in [0.29, 0.717) is 11.3 Å². The fourth-order valence-corrected chi connectivity index (χ4v) is 3.47. The van der Waals surface area contributed by atoms with Gasteiger partial charge in [-0.05, 0) is 38.1 Å². The second-order valence-electron chi connectivity index (χ2n) is 5.97. The van der Waals surface area contributed by atoms with Crippen LogP contribution >= 0.6 is 0 Å². The first-order valence-corrected chi connectivity index (χ1v) is 9.58. The van der Waals surface area contributed by atoms with Crippen molar-refractivity contribution in [3.8, 4) is 5.75 Å². The minimum atomic E-state index is -3.81. The molecule has 0 radical (unpaired) electrons. The molecule has 3 aromatic rings. The van der Waals surface area contributed by atoms with Gasteiger partial charge >= 0.3 is 16.0 Å². The number of anilines is 1. The molecule has 27 heavy (non-hydrogen) atoms. The Morgan fingerprint density at radius 1 is 1.11 bits per heavy atom. The van der Waals surface area contributed by atoms with Crippen molar-refractivity contribution in [1.82, 2.24) is 9.97 Å². The monoisotopic (exact) mass is 386 g/mol. The number of aryl methyl sites for hydroxylation is 2. The van der Waals surface area contributed by atoms with Crippen LogP contribution in [0.2, 0.25) is 0 Å². The Labute approximate surface area is 157 Å². The molecular formula is C18H20N5O3S+. The summed E-state index contributed by atoms with van der Waals surface area (Å²) in [6.45, 7) is 3.70. The fraction of sp³-hybridized carbons (Fsp3) is 0.167. The number of ether oxygens (including phenoxy) is 1. The Kier molecular flexibility index (Phi) is 4.95. The van der Waals surface area contributed by atoms with Crippen molar-refractivity contribution in [2.75, 3.05) is 12.4 Å². The number of benzene rings is 2. The molecule has 0 fully saturated rings. The highest BCUT2D eigenvalue weighted by Crippen LogP contribution is 2.22. The first kappa shape index (κ1) is 18.6. The lowest BCUT2D eigenvalue weighted by molar-refractivity contribution is -0.268. The van der Waals surface area contributed by atoms with Gasteiger partial charge in [0, 0.05) is 11.5 Å². The largest absolute Gasteiger partial charge is 0.497 e. The van der Waals surface area contributed by atoms with Gasteiger partial charge in [-0.3, -0.25) is 5.73 Å². The Morgan fingerprint density at radius 3 is 2.48 bits per heavy atom. The summed E-state index contributed by atoms with van der Waals surface area (Å²) in [5.41, 5.74) is 8.15. The van der Waals surface area contributed by atoms with Crippen LogP contribution in [0.15, 0.2) is 47.4 Å². The highest BCUT2D eigenvalue weighted by atomic mass is 32.2. The highest BCUT2D eigenvalue weighted by Gasteiger charge is 2.17. The first-order valence-electron chi connectivity index (χ1n) is 8.10. The van der Waals surface area contributed by atoms with Crippen molar-refractivity contribution in [2.24, 2.45) is 5.73 Å². The van der Waals surface area contributed by atoms with E-state index in [1.54, 1.807) is 25.3 Å². The molecule has 8 nitrogen and oxygen atoms in total. The number of nitrogens with one attached hydrogen (secondary N) is 2. The zero-order valence-corrected chi connectivity index (χ0v) is 16.0. The van der Waals surface area contributed by atoms with Gasteiger partial charge in [-0.1, -0.05) is 17.7 Å². The summed E-state index contributed by atoms with van der Waals surface area (Å²) in [5, 5.41) is 3.55. The van der Waals surface area contributed by atoms with Gasteiger partial charge < -0.3 is 4.74 Å². The number of sulfonamides is 1. The van der Waals surface area contributed by atoms with Crippen LogP contribution in [0.3, 0.4) is 0 Å². The van der Waals surface area contributed by atoms with E-state index in [4.69, 9.17) is 10.5 Å². The van der Waals surface area contributed by atoms with E-state index in [1.165, 1.54) is 12.1 Å². The molecule has 0 saturated heterocycles. The van der Waals surface area contributed by atoms with E-state index in [0.717, 1.165) is 16.6 Å². The van der Waals surface area contributed by atoms with Crippen LogP contribution in [-0.2, 0) is 10.0 Å². The molecule has 0 spiro atoms. The quantitative estimate of drug-likeness (QED) is 0.440. The summed E-state index contributed by atoms with van der Waals surface area (Å²) >= 11 is 0. The van der Waals surface area contributed by atoms with Crippen LogP contribution in [-0.4, -0.2) is 31.5 Å². The summed E-state index contributed by atoms with van der Waals surface area (Å²) in [5.74, 6) is 0.637. The van der Waals surface area contributed by atoms with Gasteiger partial charge in [-0.2, -0.15) is 17.8 Å². The summed E-state index contributed by atoms with van der Waals surface area (Å²) in [4.78, 5) is 8.78. The molecule has 9 heteroatoms. The Hall–Kier alpha value is -3.20. The third-order valence-electron chi connectivity index (χ3n) is 3.92. The number of methoxy groups -OCH3 is 1. The van der Waals surface area contributed by atoms with Gasteiger partial charge in [-0.25, -0.2) is 10.3 Å². The van der Waals surface area contributed by atoms with Gasteiger partial charge in [0.25, 0.3) is 5.95 Å². The number of fused-ring (bicyclic) bond motifs is 1. The van der Waals surface area contributed by atoms with Gasteiger partial charge in [0.05, 0.1) is 18.3 Å². The molecule has 0 aliphatic rings. The Bertz CT molecular complexity index is 1130. The summed E-state index contributed by atoms with van der Waals surface area (Å²) in [6.07, 6.45) is 0. The molecule has 0 aliphatic carbocycles. The second kappa shape index (κ2) is 7.20. The van der Waals surface area contributed by atoms with Gasteiger partial charge in [0.2, 0.25) is 0 Å². The normalized spacial score (nSPS) is 12.2. The zero-order chi connectivity index (χ0) is 19.6. The highest BCUT2D eigenvalue weighted by molar-refractivity contribution is 7.84. The van der Waals surface area contributed by atoms with Crippen molar-refractivity contribution >= 4 is 32.8 Å². The molecule has 0 atom stereocenters. The molecule has 140 valence electrons. The molecular weight excluding hydrogens is 366 g/mol. The summed E-state index contributed by atoms with van der Waals surface area (Å²) in [7, 11) is -2.24. The third kappa shape index (κ3) is 4.14. The van der Waals surface area contributed by atoms with Crippen LogP contribution in [0.4, 0.5) is 5.95 Å². The first-order chi connectivity index (χ1) is 12.8. The number of aromatic nitrogens is 2. The summed E-state index contributed by atoms with van der Waals surface area (Å²) < 4.78 is 32.3. The van der Waals surface area contributed by atoms with Crippen molar-refractivity contribution < 1.29 is 17.6 Å². The smallest absolute Gasteiger partial charge is 0.363 e. The number of rotatable bonds is 4. The molecule has 1 aromatic heterocycles. The Morgan fingerprint density at radius 2 is 1.81 bits per heavy atom. The lowest BCUT2D eigenvalue weighted by atomic mass is 10.2. The molecule has 3 rings (SSSR count). The second-order valence-corrected chi connectivity index (χ2v) is 7.66. The average Bonchev–Trinajstić information content (AvgIpc) is 2.61. The van der Waals surface area contributed by atoms with E-state index in [-0.39, 0.29) is 16.8 Å². The predicted octanol–water partition coefficient (Wildman–Crippen LogP) is 0.451. The minimum Gasteiger partial charge on any atom is -0.497 e. The molecule has 0 amide bonds. The van der Waals surface area contributed by atoms with Crippen molar-refractivity contribution in [3.63, 3.8) is 0 Å². The van der Waals surface area contributed by atoms with Gasteiger partial charge in [0.1, 0.15) is 10.6 Å². The average molecular weight is 386 g/mol. The van der Waals surface area contributed by atoms with Gasteiger partial charge in [-0.15, -0.1) is 0 Å². The van der Waals surface area contributed by atoms with Crippen molar-refractivity contribution in [1.29, 1.82) is 0 Å². The standard InChI is InChI=1S/C18H19N5O3S/c1-11-4-7-14(8-5-11)27(24,25)23-17(19)22-18-20-12(2)15-9-6-13(26-3)10-16(15)21-18/h4-10H,1-3H3,(H3,19,20,21,22,23)/p+1. The van der Waals surface area contributed by atoms with E-state index in [1.807, 2.05) is 26.0 Å². The Balaban J connectivity index is 1.91. The third-order valence-corrected chi connectivity index (χ3v) is 5.30. The molecule has 0 saturated carbocycles. The zero-order valence-electron chi connectivity index (χ0n) is 15.1. The molecule has 0 bridgehead atoms. The van der Waals surface area contributed by atoms with Crippen LogP contribution in [0, 0.1) is 13.8 Å². The molecule has 2 aromatic carbocycles. The molecule has 0 unspecified atom stereocenters. The molecule has 4 N–H and O–H groups in total. The summed E-state index contributed by atoms with van der Waals surface area (Å²) in [6, 6.07) is 11.9. The van der Waals surface area contributed by atoms with E-state index >= 15 is 0 Å². The predicted molar refractivity (Wildman–Crippen MR) is 103 cm³/mol. The van der Waals surface area contributed by atoms with Crippen molar-refractivity contribution in [2.45, 2.75) is 18.7 Å². The van der Waals surface area contributed by atoms with Crippen LogP contribution in [0.5, 0.6) is 5.75 Å². The number of nitrogens with zero attached hydrogens (tertiary/aromatic N) is 2. The van der Waals surface area contributed by atoms with Crippen molar-refractivity contribution in [3.05, 3.63) is 53.7 Å². The number of nitrogens with two attached hydrogens (primary N) is 1. The topological polar surface area (TPSA) is 121 Å². The van der Waals surface area contributed by atoms with Gasteiger partial charge in [0.15, 0.2) is 0 Å². The number of hydrogen-bond acceptors (Lipinski definition) is 5. The number of guanidine groups is 1.